The molecule has 1 heterocycles. The minimum absolute atomic E-state index is 0.0214. The third kappa shape index (κ3) is 1.37. The molecule has 0 radical (unpaired) electrons. The first kappa shape index (κ1) is 10.3. The number of para-hydroxylation sites is 1. The van der Waals surface area contributed by atoms with Gasteiger partial charge in [0.05, 0.1) is 5.92 Å². The molecule has 1 aliphatic heterocycles. The standard InChI is InChI=1S/C13H13NO3/c1-7(15)14-6-9-11(12(9)13(16)17)8-4-2-3-5-10(8)14/h2-5,9,11-12H,6H2,1H3,(H,16,17). The number of hydrogen-bond donors (Lipinski definition) is 1. The van der Waals surface area contributed by atoms with E-state index >= 15 is 0 Å². The molecule has 1 aromatic carbocycles. The van der Waals surface area contributed by atoms with E-state index in [0.29, 0.717) is 6.54 Å². The molecule has 2 aliphatic rings. The second kappa shape index (κ2) is 3.32. The summed E-state index contributed by atoms with van der Waals surface area (Å²) in [4.78, 5) is 24.4. The van der Waals surface area contributed by atoms with Crippen molar-refractivity contribution in [3.8, 4) is 0 Å². The van der Waals surface area contributed by atoms with E-state index in [4.69, 9.17) is 5.11 Å². The summed E-state index contributed by atoms with van der Waals surface area (Å²) < 4.78 is 0. The topological polar surface area (TPSA) is 57.6 Å². The zero-order chi connectivity index (χ0) is 12.2. The van der Waals surface area contributed by atoms with Gasteiger partial charge in [-0.3, -0.25) is 9.59 Å². The number of anilines is 1. The van der Waals surface area contributed by atoms with Crippen LogP contribution in [0, 0.1) is 11.8 Å². The van der Waals surface area contributed by atoms with Crippen molar-refractivity contribution in [3.63, 3.8) is 0 Å². The van der Waals surface area contributed by atoms with Gasteiger partial charge in [0.25, 0.3) is 0 Å². The fourth-order valence-corrected chi connectivity index (χ4v) is 2.98. The average molecular weight is 231 g/mol. The van der Waals surface area contributed by atoms with Crippen molar-refractivity contribution in [3.05, 3.63) is 29.8 Å². The number of nitrogens with zero attached hydrogens (tertiary/aromatic N) is 1. The Labute approximate surface area is 98.9 Å². The summed E-state index contributed by atoms with van der Waals surface area (Å²) in [7, 11) is 0. The monoisotopic (exact) mass is 231 g/mol. The molecular formula is C13H13NO3. The van der Waals surface area contributed by atoms with Gasteiger partial charge in [-0.2, -0.15) is 0 Å². The lowest BCUT2D eigenvalue weighted by molar-refractivity contribution is -0.139. The predicted octanol–water partition coefficient (Wildman–Crippen LogP) is 1.47. The molecule has 3 atom stereocenters. The number of carbonyl (C=O) groups is 2. The number of rotatable bonds is 1. The minimum Gasteiger partial charge on any atom is -0.481 e. The number of amides is 1. The molecule has 4 heteroatoms. The summed E-state index contributed by atoms with van der Waals surface area (Å²) in [5.74, 6) is -0.904. The fourth-order valence-electron chi connectivity index (χ4n) is 2.98. The van der Waals surface area contributed by atoms with Crippen molar-refractivity contribution in [2.75, 3.05) is 11.4 Å². The molecule has 1 fully saturated rings. The van der Waals surface area contributed by atoms with Crippen LogP contribution in [0.2, 0.25) is 0 Å². The van der Waals surface area contributed by atoms with E-state index in [1.54, 1.807) is 4.90 Å². The van der Waals surface area contributed by atoms with E-state index in [1.807, 2.05) is 24.3 Å². The minimum atomic E-state index is -0.750. The van der Waals surface area contributed by atoms with Crippen LogP contribution < -0.4 is 4.90 Å². The number of carboxylic acids is 1. The van der Waals surface area contributed by atoms with Crippen LogP contribution >= 0.6 is 0 Å². The van der Waals surface area contributed by atoms with Gasteiger partial charge in [-0.1, -0.05) is 18.2 Å². The van der Waals surface area contributed by atoms with Crippen LogP contribution in [0.4, 0.5) is 5.69 Å². The molecule has 1 aromatic rings. The Morgan fingerprint density at radius 1 is 1.35 bits per heavy atom. The molecule has 17 heavy (non-hydrogen) atoms. The van der Waals surface area contributed by atoms with Crippen LogP contribution in [0.3, 0.4) is 0 Å². The Kier molecular flexibility index (Phi) is 2.02. The Balaban J connectivity index is 2.05. The maximum absolute atomic E-state index is 11.6. The van der Waals surface area contributed by atoms with Gasteiger partial charge in [0.2, 0.25) is 5.91 Å². The van der Waals surface area contributed by atoms with Crippen molar-refractivity contribution in [2.24, 2.45) is 11.8 Å². The van der Waals surface area contributed by atoms with Crippen LogP contribution in [-0.2, 0) is 9.59 Å². The first-order chi connectivity index (χ1) is 8.11. The van der Waals surface area contributed by atoms with E-state index in [9.17, 15) is 9.59 Å². The quantitative estimate of drug-likeness (QED) is 0.796. The Bertz CT molecular complexity index is 511. The molecule has 4 nitrogen and oxygen atoms in total. The molecule has 1 amide bonds. The molecule has 0 spiro atoms. The third-order valence-corrected chi connectivity index (χ3v) is 3.81. The number of benzene rings is 1. The van der Waals surface area contributed by atoms with Crippen LogP contribution in [0.1, 0.15) is 18.4 Å². The summed E-state index contributed by atoms with van der Waals surface area (Å²) >= 11 is 0. The average Bonchev–Trinajstić information content (AvgIpc) is 3.02. The second-order valence-corrected chi connectivity index (χ2v) is 4.74. The summed E-state index contributed by atoms with van der Waals surface area (Å²) in [6, 6.07) is 7.61. The highest BCUT2D eigenvalue weighted by Crippen LogP contribution is 2.59. The molecule has 0 bridgehead atoms. The third-order valence-electron chi connectivity index (χ3n) is 3.81. The maximum Gasteiger partial charge on any atom is 0.307 e. The molecule has 1 saturated carbocycles. The highest BCUT2D eigenvalue weighted by atomic mass is 16.4. The Morgan fingerprint density at radius 3 is 2.71 bits per heavy atom. The molecule has 1 aliphatic carbocycles. The number of hydrogen-bond acceptors (Lipinski definition) is 2. The molecular weight excluding hydrogens is 218 g/mol. The molecule has 0 saturated heterocycles. The normalized spacial score (nSPS) is 29.2. The van der Waals surface area contributed by atoms with Gasteiger partial charge < -0.3 is 10.0 Å². The lowest BCUT2D eigenvalue weighted by Crippen LogP contribution is -2.34. The summed E-state index contributed by atoms with van der Waals surface area (Å²) in [6.45, 7) is 2.06. The number of fused-ring (bicyclic) bond motifs is 3. The van der Waals surface area contributed by atoms with Crippen LogP contribution in [0.15, 0.2) is 24.3 Å². The van der Waals surface area contributed by atoms with Crippen LogP contribution in [0.25, 0.3) is 0 Å². The lowest BCUT2D eigenvalue weighted by atomic mass is 10.0. The van der Waals surface area contributed by atoms with E-state index in [2.05, 4.69) is 0 Å². The van der Waals surface area contributed by atoms with Crippen molar-refractivity contribution in [2.45, 2.75) is 12.8 Å². The second-order valence-electron chi connectivity index (χ2n) is 4.74. The van der Waals surface area contributed by atoms with Gasteiger partial charge in [-0.15, -0.1) is 0 Å². The first-order valence-corrected chi connectivity index (χ1v) is 5.71. The van der Waals surface area contributed by atoms with E-state index in [1.165, 1.54) is 6.92 Å². The van der Waals surface area contributed by atoms with Gasteiger partial charge in [-0.25, -0.2) is 0 Å². The number of carboxylic acid groups (broad SMARTS) is 1. The van der Waals surface area contributed by atoms with Crippen molar-refractivity contribution in [1.29, 1.82) is 0 Å². The van der Waals surface area contributed by atoms with Gasteiger partial charge >= 0.3 is 5.97 Å². The largest absolute Gasteiger partial charge is 0.481 e. The zero-order valence-electron chi connectivity index (χ0n) is 9.46. The van der Waals surface area contributed by atoms with Crippen molar-refractivity contribution >= 4 is 17.6 Å². The summed E-state index contributed by atoms with van der Waals surface area (Å²) in [5, 5.41) is 9.13. The van der Waals surface area contributed by atoms with E-state index in [0.717, 1.165) is 11.3 Å². The SMILES string of the molecule is CC(=O)N1CC2C(C(=O)O)C2c2ccccc21. The smallest absolute Gasteiger partial charge is 0.307 e. The highest BCUT2D eigenvalue weighted by Gasteiger charge is 2.59. The molecule has 88 valence electrons. The molecule has 1 N–H and O–H groups in total. The van der Waals surface area contributed by atoms with E-state index in [-0.39, 0.29) is 23.7 Å². The fraction of sp³-hybridized carbons (Fsp3) is 0.385. The lowest BCUT2D eigenvalue weighted by Gasteiger charge is -2.27. The summed E-state index contributed by atoms with van der Waals surface area (Å²) in [6.07, 6.45) is 0. The first-order valence-electron chi connectivity index (χ1n) is 5.71. The van der Waals surface area contributed by atoms with Gasteiger partial charge in [0.15, 0.2) is 0 Å². The Morgan fingerprint density at radius 2 is 2.06 bits per heavy atom. The molecule has 3 unspecified atom stereocenters. The van der Waals surface area contributed by atoms with Gasteiger partial charge in [0, 0.05) is 25.1 Å². The van der Waals surface area contributed by atoms with Gasteiger partial charge in [-0.05, 0) is 17.5 Å². The number of carbonyl (C=O) groups excluding carboxylic acids is 1. The Hall–Kier alpha value is -1.84. The maximum atomic E-state index is 11.6. The molecule has 3 rings (SSSR count). The zero-order valence-corrected chi connectivity index (χ0v) is 9.46. The number of aliphatic carboxylic acids is 1. The van der Waals surface area contributed by atoms with E-state index < -0.39 is 5.97 Å². The van der Waals surface area contributed by atoms with Crippen molar-refractivity contribution in [1.82, 2.24) is 0 Å². The highest BCUT2D eigenvalue weighted by molar-refractivity contribution is 5.94. The predicted molar refractivity (Wildman–Crippen MR) is 61.8 cm³/mol. The molecule has 0 aromatic heterocycles. The summed E-state index contributed by atoms with van der Waals surface area (Å²) in [5.41, 5.74) is 1.89. The van der Waals surface area contributed by atoms with Crippen molar-refractivity contribution < 1.29 is 14.7 Å². The van der Waals surface area contributed by atoms with Crippen LogP contribution in [-0.4, -0.2) is 23.5 Å². The van der Waals surface area contributed by atoms with Gasteiger partial charge in [0.1, 0.15) is 0 Å². The van der Waals surface area contributed by atoms with Crippen LogP contribution in [0.5, 0.6) is 0 Å².